The zero-order valence-corrected chi connectivity index (χ0v) is 15.9. The molecule has 0 amide bonds. The van der Waals surface area contributed by atoms with E-state index in [1.807, 2.05) is 25.2 Å². The van der Waals surface area contributed by atoms with Gasteiger partial charge in [-0.2, -0.15) is 0 Å². The molecule has 0 radical (unpaired) electrons. The number of aromatic hydroxyl groups is 1. The molecule has 1 aliphatic heterocycles. The Morgan fingerprint density at radius 3 is 2.82 bits per heavy atom. The van der Waals surface area contributed by atoms with Gasteiger partial charge in [-0.15, -0.1) is 0 Å². The SMILES string of the molecule is Cc1cc(O)c(C=Nc2ccc3c(c2)nc(CN2CCOCC2)n3C)c(=O)o1. The lowest BCUT2D eigenvalue weighted by Gasteiger charge is -2.26. The molecule has 146 valence electrons. The summed E-state index contributed by atoms with van der Waals surface area (Å²) >= 11 is 0. The third-order valence-electron chi connectivity index (χ3n) is 4.86. The number of benzene rings is 1. The standard InChI is InChI=1S/C20H22N4O4/c1-13-9-18(25)15(20(26)28-13)11-21-14-3-4-17-16(10-14)22-19(23(17)2)12-24-5-7-27-8-6-24/h3-4,9-11,25H,5-8,12H2,1-2H3. The number of aliphatic imine (C=N–C) groups is 1. The highest BCUT2D eigenvalue weighted by Gasteiger charge is 2.15. The van der Waals surface area contributed by atoms with Crippen molar-refractivity contribution < 1.29 is 14.3 Å². The fraction of sp³-hybridized carbons (Fsp3) is 0.350. The Morgan fingerprint density at radius 1 is 1.29 bits per heavy atom. The summed E-state index contributed by atoms with van der Waals surface area (Å²) in [5, 5.41) is 9.94. The first-order chi connectivity index (χ1) is 13.5. The van der Waals surface area contributed by atoms with Gasteiger partial charge in [-0.3, -0.25) is 9.89 Å². The Labute approximate surface area is 161 Å². The van der Waals surface area contributed by atoms with Crippen LogP contribution in [0, 0.1) is 6.92 Å². The molecule has 0 spiro atoms. The third-order valence-corrected chi connectivity index (χ3v) is 4.86. The van der Waals surface area contributed by atoms with Crippen molar-refractivity contribution in [3.63, 3.8) is 0 Å². The molecule has 4 rings (SSSR count). The van der Waals surface area contributed by atoms with Gasteiger partial charge in [0, 0.05) is 32.4 Å². The van der Waals surface area contributed by atoms with Gasteiger partial charge in [-0.05, 0) is 25.1 Å². The van der Waals surface area contributed by atoms with Gasteiger partial charge in [-0.25, -0.2) is 9.78 Å². The molecule has 3 aromatic rings. The van der Waals surface area contributed by atoms with Crippen LogP contribution < -0.4 is 5.63 Å². The Morgan fingerprint density at radius 2 is 2.07 bits per heavy atom. The van der Waals surface area contributed by atoms with Crippen LogP contribution in [0.1, 0.15) is 17.1 Å². The van der Waals surface area contributed by atoms with E-state index in [4.69, 9.17) is 14.1 Å². The summed E-state index contributed by atoms with van der Waals surface area (Å²) in [6.45, 7) is 5.69. The number of rotatable bonds is 4. The van der Waals surface area contributed by atoms with Gasteiger partial charge in [0.2, 0.25) is 0 Å². The number of nitrogens with zero attached hydrogens (tertiary/aromatic N) is 4. The van der Waals surface area contributed by atoms with Crippen LogP contribution in [0.5, 0.6) is 5.75 Å². The number of aryl methyl sites for hydroxylation is 2. The highest BCUT2D eigenvalue weighted by atomic mass is 16.5. The summed E-state index contributed by atoms with van der Waals surface area (Å²) in [7, 11) is 2.00. The number of morpholine rings is 1. The van der Waals surface area contributed by atoms with Crippen LogP contribution in [0.4, 0.5) is 5.69 Å². The minimum Gasteiger partial charge on any atom is -0.507 e. The molecule has 0 bridgehead atoms. The van der Waals surface area contributed by atoms with E-state index < -0.39 is 5.63 Å². The van der Waals surface area contributed by atoms with Crippen LogP contribution in [0.3, 0.4) is 0 Å². The number of hydrogen-bond acceptors (Lipinski definition) is 7. The normalized spacial score (nSPS) is 15.6. The zero-order chi connectivity index (χ0) is 19.7. The number of aromatic nitrogens is 2. The minimum atomic E-state index is -0.618. The number of fused-ring (bicyclic) bond motifs is 1. The summed E-state index contributed by atoms with van der Waals surface area (Å²) in [5.41, 5.74) is 1.90. The van der Waals surface area contributed by atoms with Gasteiger partial charge in [0.15, 0.2) is 0 Å². The molecule has 8 nitrogen and oxygen atoms in total. The zero-order valence-electron chi connectivity index (χ0n) is 15.9. The summed E-state index contributed by atoms with van der Waals surface area (Å²) in [5.74, 6) is 1.18. The van der Waals surface area contributed by atoms with Crippen molar-refractivity contribution in [3.05, 3.63) is 51.8 Å². The lowest BCUT2D eigenvalue weighted by Crippen LogP contribution is -2.36. The van der Waals surface area contributed by atoms with Gasteiger partial charge in [0.25, 0.3) is 0 Å². The summed E-state index contributed by atoms with van der Waals surface area (Å²) in [4.78, 5) is 23.3. The van der Waals surface area contributed by atoms with E-state index in [-0.39, 0.29) is 11.3 Å². The second kappa shape index (κ2) is 7.57. The molecule has 28 heavy (non-hydrogen) atoms. The molecule has 2 aromatic heterocycles. The largest absolute Gasteiger partial charge is 0.507 e. The number of hydrogen-bond donors (Lipinski definition) is 1. The van der Waals surface area contributed by atoms with Crippen LogP contribution in [0.25, 0.3) is 11.0 Å². The van der Waals surface area contributed by atoms with Crippen LogP contribution in [0.2, 0.25) is 0 Å². The number of imidazole rings is 1. The topological polar surface area (TPSA) is 93.1 Å². The van der Waals surface area contributed by atoms with Crippen molar-refractivity contribution in [2.45, 2.75) is 13.5 Å². The fourth-order valence-corrected chi connectivity index (χ4v) is 3.28. The molecule has 1 fully saturated rings. The monoisotopic (exact) mass is 382 g/mol. The van der Waals surface area contributed by atoms with Crippen LogP contribution in [-0.2, 0) is 18.3 Å². The van der Waals surface area contributed by atoms with Gasteiger partial charge in [0.1, 0.15) is 22.9 Å². The first kappa shape index (κ1) is 18.4. The Balaban J connectivity index is 1.60. The van der Waals surface area contributed by atoms with Gasteiger partial charge in [-0.1, -0.05) is 0 Å². The predicted octanol–water partition coefficient (Wildman–Crippen LogP) is 2.12. The molecule has 3 heterocycles. The minimum absolute atomic E-state index is 0.0275. The molecule has 1 aromatic carbocycles. The maximum absolute atomic E-state index is 11.9. The average molecular weight is 382 g/mol. The van der Waals surface area contributed by atoms with E-state index >= 15 is 0 Å². The highest BCUT2D eigenvalue weighted by Crippen LogP contribution is 2.23. The van der Waals surface area contributed by atoms with Crippen molar-refractivity contribution in [2.75, 3.05) is 26.3 Å². The molecule has 0 aliphatic carbocycles. The fourth-order valence-electron chi connectivity index (χ4n) is 3.28. The molecule has 1 N–H and O–H groups in total. The van der Waals surface area contributed by atoms with E-state index in [1.54, 1.807) is 6.92 Å². The first-order valence-electron chi connectivity index (χ1n) is 9.14. The maximum atomic E-state index is 11.9. The van der Waals surface area contributed by atoms with E-state index in [0.717, 1.165) is 49.7 Å². The molecular formula is C20H22N4O4. The van der Waals surface area contributed by atoms with Crippen LogP contribution >= 0.6 is 0 Å². The molecule has 1 aliphatic rings. The van der Waals surface area contributed by atoms with Crippen molar-refractivity contribution in [1.29, 1.82) is 0 Å². The Hall–Kier alpha value is -2.97. The molecule has 0 saturated carbocycles. The van der Waals surface area contributed by atoms with E-state index in [0.29, 0.717) is 11.4 Å². The molecular weight excluding hydrogens is 360 g/mol. The van der Waals surface area contributed by atoms with Crippen molar-refractivity contribution in [3.8, 4) is 5.75 Å². The van der Waals surface area contributed by atoms with Crippen molar-refractivity contribution in [1.82, 2.24) is 14.5 Å². The first-order valence-corrected chi connectivity index (χ1v) is 9.14. The third kappa shape index (κ3) is 3.69. The van der Waals surface area contributed by atoms with E-state index in [9.17, 15) is 9.90 Å². The smallest absolute Gasteiger partial charge is 0.348 e. The van der Waals surface area contributed by atoms with Crippen LogP contribution in [0.15, 0.2) is 38.5 Å². The van der Waals surface area contributed by atoms with E-state index in [2.05, 4.69) is 14.5 Å². The Kier molecular flexibility index (Phi) is 4.97. The highest BCUT2D eigenvalue weighted by molar-refractivity contribution is 5.86. The molecule has 0 unspecified atom stereocenters. The molecule has 0 atom stereocenters. The summed E-state index contributed by atoms with van der Waals surface area (Å²) in [6.07, 6.45) is 1.32. The summed E-state index contributed by atoms with van der Waals surface area (Å²) in [6, 6.07) is 7.06. The molecule has 8 heteroatoms. The maximum Gasteiger partial charge on any atom is 0.348 e. The predicted molar refractivity (Wildman–Crippen MR) is 105 cm³/mol. The lowest BCUT2D eigenvalue weighted by atomic mass is 10.2. The van der Waals surface area contributed by atoms with Crippen molar-refractivity contribution >= 4 is 22.9 Å². The van der Waals surface area contributed by atoms with Gasteiger partial charge >= 0.3 is 5.63 Å². The average Bonchev–Trinajstić information content (AvgIpc) is 2.97. The quantitative estimate of drug-likeness (QED) is 0.695. The second-order valence-electron chi connectivity index (χ2n) is 6.85. The second-order valence-corrected chi connectivity index (χ2v) is 6.85. The Bertz CT molecular complexity index is 1090. The molecule has 1 saturated heterocycles. The van der Waals surface area contributed by atoms with Gasteiger partial charge in [0.05, 0.1) is 36.5 Å². The van der Waals surface area contributed by atoms with Crippen LogP contribution in [-0.4, -0.2) is 52.1 Å². The van der Waals surface area contributed by atoms with E-state index in [1.165, 1.54) is 12.3 Å². The van der Waals surface area contributed by atoms with Gasteiger partial charge < -0.3 is 18.8 Å². The summed E-state index contributed by atoms with van der Waals surface area (Å²) < 4.78 is 12.5. The van der Waals surface area contributed by atoms with Crippen molar-refractivity contribution in [2.24, 2.45) is 12.0 Å². The lowest BCUT2D eigenvalue weighted by molar-refractivity contribution is 0.0328. The number of ether oxygens (including phenoxy) is 1.